The second kappa shape index (κ2) is 11.7. The summed E-state index contributed by atoms with van der Waals surface area (Å²) >= 11 is 0. The number of benzene rings is 2. The molecule has 2 saturated carbocycles. The topological polar surface area (TPSA) is 18.5 Å². The number of hydrogen-bond donors (Lipinski definition) is 0. The number of hydrogen-bond acceptors (Lipinski definition) is 2. The van der Waals surface area contributed by atoms with Crippen molar-refractivity contribution in [2.45, 2.75) is 82.9 Å². The molecule has 0 bridgehead atoms. The van der Waals surface area contributed by atoms with E-state index in [1.54, 1.807) is 0 Å². The fourth-order valence-corrected chi connectivity index (χ4v) is 6.03. The highest BCUT2D eigenvalue weighted by Gasteiger charge is 2.46. The molecule has 9 heteroatoms. The quantitative estimate of drug-likeness (QED) is 0.307. The Bertz CT molecular complexity index is 1030. The largest absolute Gasteiger partial charge is 0.494 e. The summed E-state index contributed by atoms with van der Waals surface area (Å²) in [6.07, 6.45) is -2.35. The van der Waals surface area contributed by atoms with Crippen LogP contribution in [0.5, 0.6) is 11.5 Å². The fourth-order valence-electron chi connectivity index (χ4n) is 6.03. The summed E-state index contributed by atoms with van der Waals surface area (Å²) in [5.41, 5.74) is -0.828. The monoisotopic (exact) mass is 546 g/mol. The van der Waals surface area contributed by atoms with Crippen molar-refractivity contribution in [3.63, 3.8) is 0 Å². The molecule has 2 fully saturated rings. The predicted molar refractivity (Wildman–Crippen MR) is 129 cm³/mol. The highest BCUT2D eigenvalue weighted by molar-refractivity contribution is 5.32. The van der Waals surface area contributed by atoms with Crippen molar-refractivity contribution >= 4 is 0 Å². The van der Waals surface area contributed by atoms with E-state index in [2.05, 4.69) is 23.8 Å². The van der Waals surface area contributed by atoms with E-state index in [0.717, 1.165) is 37.9 Å². The molecule has 0 spiro atoms. The van der Waals surface area contributed by atoms with Gasteiger partial charge in [0.05, 0.1) is 12.5 Å². The Kier molecular flexibility index (Phi) is 8.82. The maximum absolute atomic E-state index is 14.8. The Labute approximate surface area is 218 Å². The summed E-state index contributed by atoms with van der Waals surface area (Å²) in [6.45, 7) is 2.75. The smallest absolute Gasteiger partial charge is 0.422 e. The zero-order chi connectivity index (χ0) is 27.5. The minimum Gasteiger partial charge on any atom is -0.494 e. The van der Waals surface area contributed by atoms with Crippen molar-refractivity contribution in [1.82, 2.24) is 0 Å². The Hall–Kier alpha value is -2.45. The average molecular weight is 547 g/mol. The molecule has 0 unspecified atom stereocenters. The average Bonchev–Trinajstić information content (AvgIpc) is 2.86. The second-order valence-electron chi connectivity index (χ2n) is 10.6. The minimum absolute atomic E-state index is 0.162. The van der Waals surface area contributed by atoms with Gasteiger partial charge in [0, 0.05) is 12.1 Å². The molecule has 2 aromatic carbocycles. The first kappa shape index (κ1) is 28.6. The normalized spacial score (nSPS) is 24.7. The highest BCUT2D eigenvalue weighted by Crippen LogP contribution is 2.47. The van der Waals surface area contributed by atoms with Crippen molar-refractivity contribution in [3.8, 4) is 11.5 Å². The van der Waals surface area contributed by atoms with Crippen LogP contribution in [0.2, 0.25) is 0 Å². The van der Waals surface area contributed by atoms with E-state index in [9.17, 15) is 30.7 Å². The van der Waals surface area contributed by atoms with E-state index in [4.69, 9.17) is 4.74 Å². The van der Waals surface area contributed by atoms with Gasteiger partial charge in [-0.05, 0) is 93.2 Å². The SMILES string of the molecule is CCCOc1ccc(C2CCC(C3CCC(C(F)(F)Oc4cc(F)c(C(F)(F)F)c(F)c4)CC3)CC2)cc1. The van der Waals surface area contributed by atoms with Crippen LogP contribution in [0.25, 0.3) is 0 Å². The van der Waals surface area contributed by atoms with Gasteiger partial charge in [-0.15, -0.1) is 0 Å². The predicted octanol–water partition coefficient (Wildman–Crippen LogP) is 9.52. The molecule has 0 N–H and O–H groups in total. The van der Waals surface area contributed by atoms with Crippen LogP contribution in [-0.4, -0.2) is 12.7 Å². The van der Waals surface area contributed by atoms with Crippen LogP contribution in [-0.2, 0) is 6.18 Å². The molecule has 2 aliphatic rings. The van der Waals surface area contributed by atoms with Gasteiger partial charge in [-0.25, -0.2) is 8.78 Å². The van der Waals surface area contributed by atoms with E-state index in [-0.39, 0.29) is 25.0 Å². The van der Waals surface area contributed by atoms with Gasteiger partial charge >= 0.3 is 12.3 Å². The number of halogens is 7. The van der Waals surface area contributed by atoms with E-state index in [1.165, 1.54) is 5.56 Å². The lowest BCUT2D eigenvalue weighted by Gasteiger charge is -2.39. The van der Waals surface area contributed by atoms with Gasteiger partial charge in [-0.1, -0.05) is 19.1 Å². The molecule has 4 rings (SSSR count). The van der Waals surface area contributed by atoms with E-state index in [1.807, 2.05) is 12.1 Å². The van der Waals surface area contributed by atoms with Gasteiger partial charge in [0.1, 0.15) is 28.7 Å². The molecular weight excluding hydrogens is 513 g/mol. The molecule has 0 aliphatic heterocycles. The summed E-state index contributed by atoms with van der Waals surface area (Å²) in [6, 6.07) is 8.59. The van der Waals surface area contributed by atoms with Gasteiger partial charge in [0.15, 0.2) is 0 Å². The molecule has 0 amide bonds. The van der Waals surface area contributed by atoms with Crippen LogP contribution >= 0.6 is 0 Å². The lowest BCUT2D eigenvalue weighted by molar-refractivity contribution is -0.224. The summed E-state index contributed by atoms with van der Waals surface area (Å²) in [5.74, 6) is -3.95. The lowest BCUT2D eigenvalue weighted by Crippen LogP contribution is -2.38. The third-order valence-corrected chi connectivity index (χ3v) is 8.06. The molecule has 2 aliphatic carbocycles. The van der Waals surface area contributed by atoms with Crippen LogP contribution in [0, 0.1) is 29.4 Å². The molecule has 210 valence electrons. The third kappa shape index (κ3) is 6.75. The van der Waals surface area contributed by atoms with Crippen LogP contribution < -0.4 is 9.47 Å². The number of ether oxygens (including phenoxy) is 2. The first-order valence-corrected chi connectivity index (χ1v) is 13.3. The Morgan fingerprint density at radius 1 is 0.737 bits per heavy atom. The van der Waals surface area contributed by atoms with E-state index in [0.29, 0.717) is 37.2 Å². The van der Waals surface area contributed by atoms with Gasteiger partial charge < -0.3 is 9.47 Å². The standard InChI is InChI=1S/C29H33F7O2/c1-2-15-37-23-13-9-21(10-14-23)19-5-3-18(4-6-19)20-7-11-22(12-8-20)29(35,36)38-24-16-25(30)27(26(31)17-24)28(32,33)34/h9-10,13-14,16-20,22H,2-8,11-12,15H2,1H3. The molecule has 0 atom stereocenters. The van der Waals surface area contributed by atoms with Crippen molar-refractivity contribution < 1.29 is 40.2 Å². The molecule has 0 heterocycles. The Balaban J connectivity index is 1.27. The number of rotatable bonds is 8. The molecule has 2 nitrogen and oxygen atoms in total. The van der Waals surface area contributed by atoms with Crippen LogP contribution in [0.15, 0.2) is 36.4 Å². The van der Waals surface area contributed by atoms with Gasteiger partial charge in [-0.3, -0.25) is 0 Å². The van der Waals surface area contributed by atoms with E-state index >= 15 is 0 Å². The number of alkyl halides is 5. The summed E-state index contributed by atoms with van der Waals surface area (Å²) in [5, 5.41) is 0. The first-order chi connectivity index (χ1) is 18.0. The molecule has 0 radical (unpaired) electrons. The van der Waals surface area contributed by atoms with Gasteiger partial charge in [0.25, 0.3) is 0 Å². The molecule has 38 heavy (non-hydrogen) atoms. The van der Waals surface area contributed by atoms with Crippen LogP contribution in [0.3, 0.4) is 0 Å². The molecular formula is C29H33F7O2. The molecule has 0 saturated heterocycles. The highest BCUT2D eigenvalue weighted by atomic mass is 19.4. The maximum Gasteiger partial charge on any atom is 0.422 e. The molecule has 0 aromatic heterocycles. The summed E-state index contributed by atoms with van der Waals surface area (Å²) in [4.78, 5) is 0. The summed E-state index contributed by atoms with van der Waals surface area (Å²) in [7, 11) is 0. The van der Waals surface area contributed by atoms with Crippen molar-refractivity contribution in [2.24, 2.45) is 17.8 Å². The summed E-state index contributed by atoms with van der Waals surface area (Å²) < 4.78 is 106. The fraction of sp³-hybridized carbons (Fsp3) is 0.586. The van der Waals surface area contributed by atoms with Crippen molar-refractivity contribution in [3.05, 3.63) is 59.2 Å². The maximum atomic E-state index is 14.8. The second-order valence-corrected chi connectivity index (χ2v) is 10.6. The third-order valence-electron chi connectivity index (χ3n) is 8.06. The Morgan fingerprint density at radius 2 is 1.26 bits per heavy atom. The Morgan fingerprint density at radius 3 is 1.76 bits per heavy atom. The van der Waals surface area contributed by atoms with Crippen molar-refractivity contribution in [1.29, 1.82) is 0 Å². The zero-order valence-corrected chi connectivity index (χ0v) is 21.3. The van der Waals surface area contributed by atoms with Gasteiger partial charge in [-0.2, -0.15) is 22.0 Å². The lowest BCUT2D eigenvalue weighted by atomic mass is 9.68. The van der Waals surface area contributed by atoms with Gasteiger partial charge in [0.2, 0.25) is 0 Å². The van der Waals surface area contributed by atoms with Crippen LogP contribution in [0.4, 0.5) is 30.7 Å². The van der Waals surface area contributed by atoms with Crippen molar-refractivity contribution in [2.75, 3.05) is 6.61 Å². The van der Waals surface area contributed by atoms with Crippen LogP contribution in [0.1, 0.15) is 81.8 Å². The minimum atomic E-state index is -5.28. The molecule has 2 aromatic rings. The zero-order valence-electron chi connectivity index (χ0n) is 21.3. The first-order valence-electron chi connectivity index (χ1n) is 13.3. The van der Waals surface area contributed by atoms with E-state index < -0.39 is 41.2 Å².